The van der Waals surface area contributed by atoms with Crippen LogP contribution in [0.4, 0.5) is 11.8 Å². The van der Waals surface area contributed by atoms with E-state index >= 15 is 0 Å². The summed E-state index contributed by atoms with van der Waals surface area (Å²) in [5, 5.41) is 13.2. The number of allylic oxidation sites excluding steroid dienone is 3. The highest BCUT2D eigenvalue weighted by Crippen LogP contribution is 2.48. The van der Waals surface area contributed by atoms with Gasteiger partial charge in [-0.25, -0.2) is 13.4 Å². The predicted molar refractivity (Wildman–Crippen MR) is 144 cm³/mol. The number of sulfonamides is 1. The Morgan fingerprint density at radius 3 is 2.53 bits per heavy atom. The lowest BCUT2D eigenvalue weighted by Gasteiger charge is -2.40. The molecule has 2 atom stereocenters. The summed E-state index contributed by atoms with van der Waals surface area (Å²) in [5.74, 6) is 1.83. The molecule has 0 bridgehead atoms. The van der Waals surface area contributed by atoms with Gasteiger partial charge in [0, 0.05) is 37.2 Å². The van der Waals surface area contributed by atoms with Crippen molar-refractivity contribution in [3.05, 3.63) is 41.8 Å². The third-order valence-corrected chi connectivity index (χ3v) is 10.1. The van der Waals surface area contributed by atoms with Gasteiger partial charge in [-0.1, -0.05) is 32.6 Å². The summed E-state index contributed by atoms with van der Waals surface area (Å²) in [4.78, 5) is 12.4. The standard InChI is InChI=1S/C25H37N5O4S2/c1-6-8-21-18(7-2)25(16-30(21)36(5,33)34)10-12-29(13-11-25)24-27-19-9-14-35(32)22(19)23(28-24)26-20(15-31)17(3)4/h6-8,17,20,31H,2,9-16H2,1,3-5H3,(H,26,27,28)/b8-6-/t20-,35?/m0/s1. The molecular formula is C25H37N5O4S2. The van der Waals surface area contributed by atoms with Crippen LogP contribution in [0.25, 0.3) is 0 Å². The van der Waals surface area contributed by atoms with Crippen LogP contribution >= 0.6 is 0 Å². The Hall–Kier alpha value is -2.24. The van der Waals surface area contributed by atoms with Crippen LogP contribution in [0.5, 0.6) is 0 Å². The number of rotatable bonds is 8. The number of nitrogens with zero attached hydrogens (tertiary/aromatic N) is 4. The minimum atomic E-state index is -3.42. The van der Waals surface area contributed by atoms with E-state index in [0.717, 1.165) is 24.1 Å². The third-order valence-electron chi connectivity index (χ3n) is 7.49. The molecule has 36 heavy (non-hydrogen) atoms. The molecule has 3 aliphatic rings. The second kappa shape index (κ2) is 10.3. The van der Waals surface area contributed by atoms with Crippen molar-refractivity contribution in [1.82, 2.24) is 14.3 Å². The molecule has 0 aromatic carbocycles. The summed E-state index contributed by atoms with van der Waals surface area (Å²) in [6.45, 7) is 11.6. The molecule has 4 rings (SSSR count). The van der Waals surface area contributed by atoms with E-state index in [1.807, 2.05) is 32.9 Å². The van der Waals surface area contributed by atoms with E-state index in [0.29, 0.717) is 54.2 Å². The molecule has 0 saturated carbocycles. The molecule has 4 heterocycles. The number of aliphatic hydroxyl groups excluding tert-OH is 1. The molecule has 0 radical (unpaired) electrons. The fourth-order valence-corrected chi connectivity index (χ4v) is 7.69. The number of piperidine rings is 1. The molecule has 1 fully saturated rings. The summed E-state index contributed by atoms with van der Waals surface area (Å²) in [7, 11) is -4.58. The number of aliphatic hydroxyl groups is 1. The minimum absolute atomic E-state index is 0.0489. The normalized spacial score (nSPS) is 22.7. The smallest absolute Gasteiger partial charge is 0.232 e. The van der Waals surface area contributed by atoms with Crippen molar-refractivity contribution >= 4 is 32.6 Å². The van der Waals surface area contributed by atoms with Crippen LogP contribution in [-0.2, 0) is 27.2 Å². The molecule has 1 spiro atoms. The fraction of sp³-hybridized carbons (Fsp3) is 0.600. The van der Waals surface area contributed by atoms with Crippen molar-refractivity contribution in [2.45, 2.75) is 51.0 Å². The largest absolute Gasteiger partial charge is 0.394 e. The number of nitrogens with one attached hydrogen (secondary N) is 1. The first-order chi connectivity index (χ1) is 17.0. The van der Waals surface area contributed by atoms with Crippen molar-refractivity contribution in [2.75, 3.05) is 48.5 Å². The quantitative estimate of drug-likeness (QED) is 0.522. The van der Waals surface area contributed by atoms with E-state index in [-0.39, 0.29) is 24.0 Å². The van der Waals surface area contributed by atoms with Crippen LogP contribution in [0.1, 0.15) is 39.3 Å². The summed E-state index contributed by atoms with van der Waals surface area (Å²) in [5.41, 5.74) is 2.17. The van der Waals surface area contributed by atoms with Gasteiger partial charge >= 0.3 is 0 Å². The van der Waals surface area contributed by atoms with E-state index in [1.54, 1.807) is 6.08 Å². The van der Waals surface area contributed by atoms with Crippen LogP contribution in [-0.4, -0.2) is 76.3 Å². The molecule has 2 N–H and O–H groups in total. The Morgan fingerprint density at radius 2 is 1.97 bits per heavy atom. The van der Waals surface area contributed by atoms with Crippen LogP contribution in [0.2, 0.25) is 0 Å². The Kier molecular flexibility index (Phi) is 7.64. The molecule has 0 aliphatic carbocycles. The van der Waals surface area contributed by atoms with Gasteiger partial charge in [0.05, 0.1) is 41.1 Å². The van der Waals surface area contributed by atoms with Gasteiger partial charge in [-0.2, -0.15) is 4.98 Å². The fourth-order valence-electron chi connectivity index (χ4n) is 5.38. The maximum Gasteiger partial charge on any atom is 0.232 e. The highest BCUT2D eigenvalue weighted by Gasteiger charge is 2.47. The molecule has 3 aliphatic heterocycles. The topological polar surface area (TPSA) is 116 Å². The monoisotopic (exact) mass is 535 g/mol. The number of aryl methyl sites for hydroxylation is 1. The van der Waals surface area contributed by atoms with Gasteiger partial charge in [-0.3, -0.25) is 8.51 Å². The Morgan fingerprint density at radius 1 is 1.28 bits per heavy atom. The maximum atomic E-state index is 12.7. The summed E-state index contributed by atoms with van der Waals surface area (Å²) < 4.78 is 39.3. The van der Waals surface area contributed by atoms with Crippen LogP contribution < -0.4 is 10.2 Å². The summed E-state index contributed by atoms with van der Waals surface area (Å²) in [6.07, 6.45) is 8.88. The molecule has 1 aromatic rings. The van der Waals surface area contributed by atoms with Crippen LogP contribution in [0, 0.1) is 11.3 Å². The van der Waals surface area contributed by atoms with Gasteiger partial charge < -0.3 is 15.3 Å². The van der Waals surface area contributed by atoms with E-state index in [9.17, 15) is 17.7 Å². The van der Waals surface area contributed by atoms with Crippen molar-refractivity contribution < 1.29 is 17.7 Å². The molecule has 198 valence electrons. The van der Waals surface area contributed by atoms with E-state index in [1.165, 1.54) is 10.6 Å². The highest BCUT2D eigenvalue weighted by atomic mass is 32.2. The number of aromatic nitrogens is 2. The molecule has 1 aromatic heterocycles. The van der Waals surface area contributed by atoms with Gasteiger partial charge in [0.2, 0.25) is 16.0 Å². The first-order valence-corrected chi connectivity index (χ1v) is 15.6. The lowest BCUT2D eigenvalue weighted by atomic mass is 9.73. The van der Waals surface area contributed by atoms with E-state index < -0.39 is 20.8 Å². The predicted octanol–water partition coefficient (Wildman–Crippen LogP) is 2.45. The van der Waals surface area contributed by atoms with Crippen LogP contribution in [0.15, 0.2) is 41.0 Å². The number of fused-ring (bicyclic) bond motifs is 1. The first-order valence-electron chi connectivity index (χ1n) is 12.4. The van der Waals surface area contributed by atoms with Crippen molar-refractivity contribution in [3.63, 3.8) is 0 Å². The van der Waals surface area contributed by atoms with Gasteiger partial charge in [0.15, 0.2) is 0 Å². The Labute approximate surface area is 216 Å². The van der Waals surface area contributed by atoms with Crippen molar-refractivity contribution in [2.24, 2.45) is 11.3 Å². The molecule has 1 saturated heterocycles. The lowest BCUT2D eigenvalue weighted by Crippen LogP contribution is -2.44. The van der Waals surface area contributed by atoms with Crippen molar-refractivity contribution in [1.29, 1.82) is 0 Å². The highest BCUT2D eigenvalue weighted by molar-refractivity contribution is 7.88. The number of hydrogen-bond donors (Lipinski definition) is 2. The first kappa shape index (κ1) is 26.8. The number of hydrogen-bond acceptors (Lipinski definition) is 8. The third kappa shape index (κ3) is 4.84. The van der Waals surface area contributed by atoms with Gasteiger partial charge in [0.25, 0.3) is 0 Å². The minimum Gasteiger partial charge on any atom is -0.394 e. The van der Waals surface area contributed by atoms with Gasteiger partial charge in [0.1, 0.15) is 10.7 Å². The molecule has 9 nitrogen and oxygen atoms in total. The molecular weight excluding hydrogens is 498 g/mol. The van der Waals surface area contributed by atoms with Gasteiger partial charge in [-0.15, -0.1) is 0 Å². The second-order valence-electron chi connectivity index (χ2n) is 10.2. The maximum absolute atomic E-state index is 12.7. The Bertz CT molecular complexity index is 1220. The SMILES string of the molecule is C=CC1=C(/C=C\C)N(S(C)(=O)=O)CC12CCN(c1nc3c(c(N[C@@H](CO)C(C)C)n1)S(=O)CC3)CC2. The van der Waals surface area contributed by atoms with E-state index in [4.69, 9.17) is 9.97 Å². The van der Waals surface area contributed by atoms with Gasteiger partial charge in [-0.05, 0) is 37.3 Å². The zero-order chi connectivity index (χ0) is 26.3. The average Bonchev–Trinajstić information content (AvgIpc) is 3.35. The molecule has 1 unspecified atom stereocenters. The Balaban J connectivity index is 1.63. The lowest BCUT2D eigenvalue weighted by molar-refractivity contribution is 0.248. The summed E-state index contributed by atoms with van der Waals surface area (Å²) >= 11 is 0. The zero-order valence-corrected chi connectivity index (χ0v) is 23.2. The molecule has 0 amide bonds. The number of anilines is 2. The van der Waals surface area contributed by atoms with E-state index in [2.05, 4.69) is 16.8 Å². The zero-order valence-electron chi connectivity index (χ0n) is 21.5. The molecule has 11 heteroatoms. The summed E-state index contributed by atoms with van der Waals surface area (Å²) in [6, 6.07) is -0.204. The van der Waals surface area contributed by atoms with Crippen LogP contribution in [0.3, 0.4) is 0 Å². The second-order valence-corrected chi connectivity index (χ2v) is 13.6. The average molecular weight is 536 g/mol. The van der Waals surface area contributed by atoms with Crippen molar-refractivity contribution in [3.8, 4) is 0 Å².